The number of aromatic amines is 4. The minimum atomic E-state index is -0.396. The van der Waals surface area contributed by atoms with E-state index in [1.165, 1.54) is 23.0 Å². The van der Waals surface area contributed by atoms with Crippen molar-refractivity contribution in [2.75, 3.05) is 83.5 Å². The Morgan fingerprint density at radius 2 is 0.746 bits per heavy atom. The second kappa shape index (κ2) is 48.6. The van der Waals surface area contributed by atoms with Gasteiger partial charge in [-0.25, -0.2) is 29.1 Å². The molecule has 20 rings (SSSR count). The predicted octanol–water partition coefficient (Wildman–Crippen LogP) is 25.7. The van der Waals surface area contributed by atoms with Crippen LogP contribution >= 0.6 is 92.8 Å². The van der Waals surface area contributed by atoms with Crippen LogP contribution in [-0.2, 0) is 70.9 Å². The predicted molar refractivity (Wildman–Crippen MR) is 557 cm³/mol. The molecule has 0 bridgehead atoms. The first-order valence-electron chi connectivity index (χ1n) is 47.0. The van der Waals surface area contributed by atoms with Crippen LogP contribution in [0.2, 0.25) is 25.1 Å². The van der Waals surface area contributed by atoms with Crippen LogP contribution < -0.4 is 18.9 Å². The van der Waals surface area contributed by atoms with Gasteiger partial charge in [0.2, 0.25) is 0 Å². The van der Waals surface area contributed by atoms with Gasteiger partial charge in [-0.1, -0.05) is 155 Å². The summed E-state index contributed by atoms with van der Waals surface area (Å²) in [7, 11) is 0. The van der Waals surface area contributed by atoms with Crippen molar-refractivity contribution in [1.82, 2.24) is 63.9 Å². The van der Waals surface area contributed by atoms with Gasteiger partial charge in [0.1, 0.15) is 86.2 Å². The van der Waals surface area contributed by atoms with Gasteiger partial charge in [-0.3, -0.25) is 24.3 Å². The van der Waals surface area contributed by atoms with Gasteiger partial charge in [-0.2, -0.15) is 5.10 Å². The number of terminal acetylenes is 1. The zero-order valence-corrected chi connectivity index (χ0v) is 83.5. The maximum absolute atomic E-state index is 13.5. The number of imidazole rings is 1. The van der Waals surface area contributed by atoms with E-state index < -0.39 is 6.09 Å². The molecule has 10 aromatic carbocycles. The van der Waals surface area contributed by atoms with Gasteiger partial charge in [0.25, 0.3) is 0 Å². The van der Waals surface area contributed by atoms with Crippen LogP contribution in [0.3, 0.4) is 0 Å². The number of carbonyl (C=O) groups is 4. The highest BCUT2D eigenvalue weighted by Crippen LogP contribution is 2.46. The molecule has 16 aromatic rings. The summed E-state index contributed by atoms with van der Waals surface area (Å²) in [5.74, 6) is 6.96. The van der Waals surface area contributed by atoms with E-state index in [9.17, 15) is 19.2 Å². The number of rotatable bonds is 30. The van der Waals surface area contributed by atoms with E-state index in [0.29, 0.717) is 122 Å². The summed E-state index contributed by atoms with van der Waals surface area (Å²) in [6.45, 7) is 6.66. The highest BCUT2D eigenvalue weighted by molar-refractivity contribution is 6.33. The lowest BCUT2D eigenvalue weighted by Crippen LogP contribution is -2.41. The molecule has 33 heteroatoms. The highest BCUT2D eigenvalue weighted by atomic mass is 35.5. The number of H-pyrrole nitrogens is 4. The second-order valence-corrected chi connectivity index (χ2v) is 37.5. The van der Waals surface area contributed by atoms with Crippen LogP contribution in [0.1, 0.15) is 135 Å². The Morgan fingerprint density at radius 1 is 0.380 bits per heavy atom. The van der Waals surface area contributed by atoms with Gasteiger partial charge in [0.05, 0.1) is 38.6 Å². The highest BCUT2D eigenvalue weighted by Gasteiger charge is 2.41. The molecular weight excluding hydrogens is 1970 g/mol. The molecule has 6 aromatic heterocycles. The first kappa shape index (κ1) is 100. The lowest BCUT2D eigenvalue weighted by atomic mass is 9.92. The van der Waals surface area contributed by atoms with E-state index in [-0.39, 0.29) is 74.8 Å². The number of amides is 4. The summed E-state index contributed by atoms with van der Waals surface area (Å²) < 4.78 is 49.5. The van der Waals surface area contributed by atoms with Crippen molar-refractivity contribution >= 4 is 161 Å². The first-order valence-corrected chi connectivity index (χ1v) is 50.5. The Bertz CT molecular complexity index is 7000. The Balaban J connectivity index is 0.000000131. The number of halogens is 8. The second-order valence-electron chi connectivity index (χ2n) is 34.2. The topological polar surface area (TPSA) is 267 Å². The van der Waals surface area contributed by atoms with Crippen molar-refractivity contribution in [3.8, 4) is 35.3 Å². The lowest BCUT2D eigenvalue weighted by molar-refractivity contribution is 0.0826. The number of hydrogen-bond donors (Lipinski definition) is 4. The van der Waals surface area contributed by atoms with Crippen molar-refractivity contribution in [3.05, 3.63) is 359 Å². The van der Waals surface area contributed by atoms with Crippen molar-refractivity contribution in [2.45, 2.75) is 108 Å². The molecule has 0 fully saturated rings. The fraction of sp³-hybridized carbons (Fsp3) is 0.275. The Hall–Kier alpha value is -13.1. The smallest absolute Gasteiger partial charge is 0.410 e. The number of carbonyl (C=O) groups excluding carboxylic acids is 4. The summed E-state index contributed by atoms with van der Waals surface area (Å²) in [5, 5.41) is 11.8. The number of aryl methyl sites for hydroxylation is 2. The van der Waals surface area contributed by atoms with Crippen LogP contribution in [-0.4, -0.2) is 172 Å². The average molecular weight is 2070 g/mol. The van der Waals surface area contributed by atoms with Gasteiger partial charge in [-0.05, 0) is 222 Å². The zero-order valence-electron chi connectivity index (χ0n) is 77.5. The maximum atomic E-state index is 13.5. The summed E-state index contributed by atoms with van der Waals surface area (Å²) >= 11 is 48.6. The molecule has 4 amide bonds. The molecule has 4 aliphatic rings. The van der Waals surface area contributed by atoms with Crippen LogP contribution in [0.25, 0.3) is 43.6 Å². The number of benzene rings is 10. The number of fused-ring (bicyclic) bond motifs is 12. The molecule has 25 nitrogen and oxygen atoms in total. The normalized spacial score (nSPS) is 15.1. The van der Waals surface area contributed by atoms with Crippen LogP contribution in [0, 0.1) is 12.3 Å². The number of hydrogen-bond acceptors (Lipinski definition) is 15. The summed E-state index contributed by atoms with van der Waals surface area (Å²) in [4.78, 5) is 81.9. The fourth-order valence-corrected chi connectivity index (χ4v) is 19.6. The third-order valence-corrected chi connectivity index (χ3v) is 27.1. The van der Waals surface area contributed by atoms with Crippen molar-refractivity contribution in [3.63, 3.8) is 0 Å². The van der Waals surface area contributed by atoms with Crippen molar-refractivity contribution in [2.24, 2.45) is 0 Å². The molecular formula is C109H103Cl8N13O12. The van der Waals surface area contributed by atoms with E-state index in [1.54, 1.807) is 49.2 Å². The summed E-state index contributed by atoms with van der Waals surface area (Å²) in [5.41, 5.74) is 18.1. The molecule has 142 heavy (non-hydrogen) atoms. The average Bonchev–Trinajstić information content (AvgIpc) is 1.61. The molecule has 0 spiro atoms. The van der Waals surface area contributed by atoms with E-state index in [0.717, 1.165) is 167 Å². The Kier molecular flexibility index (Phi) is 34.3. The Morgan fingerprint density at radius 3 is 1.11 bits per heavy atom. The molecule has 4 aliphatic heterocycles. The van der Waals surface area contributed by atoms with E-state index in [2.05, 4.69) is 40.9 Å². The molecule has 4 unspecified atom stereocenters. The van der Waals surface area contributed by atoms with Gasteiger partial charge in [-0.15, -0.1) is 47.1 Å². The number of alkyl halides is 3. The largest absolute Gasteiger partial charge is 0.494 e. The van der Waals surface area contributed by atoms with Gasteiger partial charge < -0.3 is 62.4 Å². The van der Waals surface area contributed by atoms with Gasteiger partial charge in [0.15, 0.2) is 0 Å². The number of nitrogens with one attached hydrogen (secondary N) is 4. The zero-order chi connectivity index (χ0) is 98.4. The molecule has 0 radical (unpaired) electrons. The SMILES string of the molecule is C#CCCOC(=O)N1CCc2c([nH]c3ccc(Cl)cc23)C1c1ccc(OCCCCl)cc1.O=C(OCCCl)N1CCc2c([nH]c3ccc(Cl)cc23)C1c1ccc(OCCCCl)cc1.O=C(OCc1ccccc1)N1CCc2c([nH]c3ccc(Cl)cc23)C1c1ccc(OCCCn2cncn2)cc1.O=C(OCc1ccccc1Cl)N1CCc2c([nH]c3ccc(Cl)cc23)C1c1ccc(OCCCn2ccnc2)cc1. The monoisotopic (exact) mass is 2070 g/mol. The third kappa shape index (κ3) is 24.4. The number of ether oxygens (including phenoxy) is 8. The summed E-state index contributed by atoms with van der Waals surface area (Å²) in [6.07, 6.45) is 19.0. The Labute approximate surface area is 861 Å². The maximum Gasteiger partial charge on any atom is 0.410 e. The third-order valence-electron chi connectivity index (χ3n) is 25.1. The minimum Gasteiger partial charge on any atom is -0.494 e. The summed E-state index contributed by atoms with van der Waals surface area (Å²) in [6, 6.07) is 70.5. The molecule has 4 N–H and O–H groups in total. The molecule has 10 heterocycles. The van der Waals surface area contributed by atoms with Crippen LogP contribution in [0.5, 0.6) is 23.0 Å². The quantitative estimate of drug-likeness (QED) is 0.0141. The molecule has 0 saturated carbocycles. The van der Waals surface area contributed by atoms with Crippen LogP contribution in [0.15, 0.2) is 256 Å². The van der Waals surface area contributed by atoms with E-state index >= 15 is 0 Å². The fourth-order valence-electron chi connectivity index (χ4n) is 18.4. The standard InChI is InChI=1S/C31H28Cl2N4O3.C30H28ClN5O3.C25H24Cl2N2O3.C23H23Cl3N2O3/c32-23-8-11-28-26(18-23)25-12-15-37(31(38)40-19-22-4-1-2-5-27(22)33)30(29(25)35-28)21-6-9-24(10-7-21)39-17-3-14-36-16-13-34-20-36;31-23-9-12-27-26(17-23)25-13-15-36(30(37)39-18-21-5-2-1-3-6-21)29(28(25)34-27)22-7-10-24(11-8-22)38-16-4-14-35-20-32-19-33-35;1-2-3-14-32-25(30)29-13-11-20-21-16-18(27)7-10-22(21)28-23(20)24(29)17-5-8-19(9-6-17)31-15-4-12-26;24-9-1-12-30-17-5-2-15(3-6-17)22-21-18(8-11-28(22)23(29)31-13-10-25)19-14-16(26)4-7-20(19)27-21/h1-2,4-11,13,16,18,20,30,35H,3,12,14-15,17,19H2;1-3,5-12,17,19-20,29,34H,4,13-16,18H2;1,5-10,16,24,28H,3-4,11-15H2;2-7,14,22,27H,1,8-13H2. The van der Waals surface area contributed by atoms with Gasteiger partial charge in [0, 0.05) is 173 Å². The molecule has 732 valence electrons. The van der Waals surface area contributed by atoms with Crippen molar-refractivity contribution < 1.29 is 57.1 Å². The number of aromatic nitrogens is 9. The van der Waals surface area contributed by atoms with E-state index in [4.69, 9.17) is 137 Å². The molecule has 4 atom stereocenters. The molecule has 0 aliphatic carbocycles. The minimum absolute atomic E-state index is 0.0999. The first-order chi connectivity index (χ1) is 69.5. The number of nitrogens with zero attached hydrogens (tertiary/aromatic N) is 9. The van der Waals surface area contributed by atoms with E-state index in [1.807, 2.05) is 229 Å². The van der Waals surface area contributed by atoms with Crippen LogP contribution in [0.4, 0.5) is 19.2 Å². The van der Waals surface area contributed by atoms with Crippen molar-refractivity contribution in [1.29, 1.82) is 0 Å². The molecule has 0 saturated heterocycles. The van der Waals surface area contributed by atoms with Gasteiger partial charge >= 0.3 is 24.4 Å². The lowest BCUT2D eigenvalue weighted by Gasteiger charge is -2.35.